The molecule has 0 fully saturated rings. The van der Waals surface area contributed by atoms with Gasteiger partial charge in [-0.25, -0.2) is 9.18 Å². The highest BCUT2D eigenvalue weighted by molar-refractivity contribution is 5.71. The lowest BCUT2D eigenvalue weighted by atomic mass is 9.85. The van der Waals surface area contributed by atoms with Crippen LogP contribution in [-0.4, -0.2) is 17.8 Å². The minimum atomic E-state index is -1.09. The second-order valence-corrected chi connectivity index (χ2v) is 7.95. The molecule has 1 aliphatic carbocycles. The molecule has 144 valence electrons. The summed E-state index contributed by atoms with van der Waals surface area (Å²) in [5.74, 6) is 0.501. The summed E-state index contributed by atoms with van der Waals surface area (Å²) in [6.07, 6.45) is -0.404. The van der Waals surface area contributed by atoms with E-state index in [1.807, 2.05) is 52.8 Å². The Morgan fingerprint density at radius 2 is 1.89 bits per heavy atom. The molecule has 5 heteroatoms. The van der Waals surface area contributed by atoms with Crippen molar-refractivity contribution in [3.63, 3.8) is 0 Å². The monoisotopic (exact) mass is 371 g/mol. The van der Waals surface area contributed by atoms with Gasteiger partial charge in [-0.05, 0) is 84.7 Å². The molecule has 0 heterocycles. The predicted octanol–water partition coefficient (Wildman–Crippen LogP) is 5.40. The number of benzene rings is 2. The second kappa shape index (κ2) is 6.87. The zero-order chi connectivity index (χ0) is 19.9. The van der Waals surface area contributed by atoms with Gasteiger partial charge < -0.3 is 15.2 Å². The molecule has 1 aliphatic rings. The van der Waals surface area contributed by atoms with Gasteiger partial charge in [0.15, 0.2) is 0 Å². The smallest absolute Gasteiger partial charge is 0.405 e. The summed E-state index contributed by atoms with van der Waals surface area (Å²) in [7, 11) is 0. The summed E-state index contributed by atoms with van der Waals surface area (Å²) in [6.45, 7) is 10.4. The van der Waals surface area contributed by atoms with Crippen molar-refractivity contribution in [3.8, 4) is 16.9 Å². The van der Waals surface area contributed by atoms with E-state index in [0.717, 1.165) is 33.6 Å². The Bertz CT molecular complexity index is 882. The van der Waals surface area contributed by atoms with Crippen LogP contribution in [0.2, 0.25) is 0 Å². The first-order valence-electron chi connectivity index (χ1n) is 9.20. The van der Waals surface area contributed by atoms with E-state index in [9.17, 15) is 9.18 Å². The molecule has 0 saturated carbocycles. The highest BCUT2D eigenvalue weighted by Gasteiger charge is 2.40. The van der Waals surface area contributed by atoms with E-state index in [1.165, 1.54) is 6.07 Å². The minimum Gasteiger partial charge on any atom is -0.493 e. The summed E-state index contributed by atoms with van der Waals surface area (Å²) in [5.41, 5.74) is 4.68. The maximum atomic E-state index is 15.0. The molecule has 0 unspecified atom stereocenters. The number of ether oxygens (including phenoxy) is 1. The van der Waals surface area contributed by atoms with Crippen LogP contribution in [0.5, 0.6) is 5.75 Å². The fraction of sp³-hybridized carbons (Fsp3) is 0.409. The number of rotatable bonds is 4. The summed E-state index contributed by atoms with van der Waals surface area (Å²) in [4.78, 5) is 11.2. The standard InChI is InChI=1S/C22H26FNO3/c1-6-27-19-12(2)7-14(8-13(19)3)16-9-15-11-22(4,5)20(24-21(25)26)17(15)10-18(16)23/h7-10,20,24H,6,11H2,1-5H3,(H,25,26)/t20-/m0/s1. The van der Waals surface area contributed by atoms with Crippen LogP contribution in [0.15, 0.2) is 24.3 Å². The fourth-order valence-electron chi connectivity index (χ4n) is 4.16. The van der Waals surface area contributed by atoms with Gasteiger partial charge in [0.2, 0.25) is 0 Å². The number of hydrogen-bond acceptors (Lipinski definition) is 2. The molecule has 2 aromatic carbocycles. The first kappa shape index (κ1) is 19.2. The maximum absolute atomic E-state index is 15.0. The van der Waals surface area contributed by atoms with Crippen LogP contribution in [0, 0.1) is 25.1 Å². The van der Waals surface area contributed by atoms with E-state index < -0.39 is 12.1 Å². The molecule has 1 amide bonds. The summed E-state index contributed by atoms with van der Waals surface area (Å²) < 4.78 is 20.7. The van der Waals surface area contributed by atoms with Crippen molar-refractivity contribution >= 4 is 6.09 Å². The molecular formula is C22H26FNO3. The zero-order valence-electron chi connectivity index (χ0n) is 16.4. The highest BCUT2D eigenvalue weighted by atomic mass is 19.1. The molecule has 0 aromatic heterocycles. The summed E-state index contributed by atoms with van der Waals surface area (Å²) in [6, 6.07) is 6.81. The summed E-state index contributed by atoms with van der Waals surface area (Å²) >= 11 is 0. The molecule has 4 nitrogen and oxygen atoms in total. The number of amides is 1. The van der Waals surface area contributed by atoms with E-state index in [0.29, 0.717) is 18.6 Å². The number of aryl methyl sites for hydroxylation is 2. The average molecular weight is 371 g/mol. The Kier molecular flexibility index (Phi) is 4.89. The lowest BCUT2D eigenvalue weighted by molar-refractivity contribution is 0.175. The first-order chi connectivity index (χ1) is 12.6. The Morgan fingerprint density at radius 3 is 2.44 bits per heavy atom. The van der Waals surface area contributed by atoms with Gasteiger partial charge in [-0.15, -0.1) is 0 Å². The molecule has 27 heavy (non-hydrogen) atoms. The Labute approximate surface area is 159 Å². The van der Waals surface area contributed by atoms with Crippen molar-refractivity contribution in [1.29, 1.82) is 0 Å². The molecular weight excluding hydrogens is 345 g/mol. The van der Waals surface area contributed by atoms with Crippen LogP contribution in [-0.2, 0) is 6.42 Å². The maximum Gasteiger partial charge on any atom is 0.405 e. The van der Waals surface area contributed by atoms with Gasteiger partial charge in [-0.3, -0.25) is 0 Å². The molecule has 0 saturated heterocycles. The zero-order valence-corrected chi connectivity index (χ0v) is 16.4. The molecule has 0 radical (unpaired) electrons. The quantitative estimate of drug-likeness (QED) is 0.756. The lowest BCUT2D eigenvalue weighted by Crippen LogP contribution is -2.34. The van der Waals surface area contributed by atoms with Crippen molar-refractivity contribution < 1.29 is 19.0 Å². The number of nitrogens with one attached hydrogen (secondary N) is 1. The van der Waals surface area contributed by atoms with Crippen molar-refractivity contribution in [2.45, 2.75) is 47.1 Å². The topological polar surface area (TPSA) is 58.6 Å². The third kappa shape index (κ3) is 3.51. The molecule has 3 rings (SSSR count). The first-order valence-corrected chi connectivity index (χ1v) is 9.20. The van der Waals surface area contributed by atoms with Crippen LogP contribution in [0.4, 0.5) is 9.18 Å². The number of hydrogen-bond donors (Lipinski definition) is 2. The number of carbonyl (C=O) groups is 1. The van der Waals surface area contributed by atoms with Gasteiger partial charge in [0.1, 0.15) is 11.6 Å². The van der Waals surface area contributed by atoms with Crippen LogP contribution >= 0.6 is 0 Å². The predicted molar refractivity (Wildman–Crippen MR) is 104 cm³/mol. The van der Waals surface area contributed by atoms with E-state index in [1.54, 1.807) is 0 Å². The lowest BCUT2D eigenvalue weighted by Gasteiger charge is -2.27. The largest absolute Gasteiger partial charge is 0.493 e. The fourth-order valence-corrected chi connectivity index (χ4v) is 4.16. The van der Waals surface area contributed by atoms with Crippen LogP contribution in [0.25, 0.3) is 11.1 Å². The third-order valence-corrected chi connectivity index (χ3v) is 5.30. The Hall–Kier alpha value is -2.56. The van der Waals surface area contributed by atoms with Crippen LogP contribution in [0.1, 0.15) is 49.1 Å². The van der Waals surface area contributed by atoms with Gasteiger partial charge in [0, 0.05) is 5.56 Å². The molecule has 2 N–H and O–H groups in total. The molecule has 2 aromatic rings. The van der Waals surface area contributed by atoms with Gasteiger partial charge in [0.05, 0.1) is 12.6 Å². The van der Waals surface area contributed by atoms with E-state index in [4.69, 9.17) is 9.84 Å². The van der Waals surface area contributed by atoms with E-state index in [-0.39, 0.29) is 11.2 Å². The molecule has 1 atom stereocenters. The van der Waals surface area contributed by atoms with Crippen molar-refractivity contribution in [2.75, 3.05) is 6.61 Å². The van der Waals surface area contributed by atoms with Gasteiger partial charge >= 0.3 is 6.09 Å². The van der Waals surface area contributed by atoms with Crippen LogP contribution in [0.3, 0.4) is 0 Å². The van der Waals surface area contributed by atoms with Crippen LogP contribution < -0.4 is 10.1 Å². The van der Waals surface area contributed by atoms with Crippen molar-refractivity contribution in [3.05, 3.63) is 52.3 Å². The Balaban J connectivity index is 2.07. The number of fused-ring (bicyclic) bond motifs is 1. The molecule has 0 bridgehead atoms. The summed E-state index contributed by atoms with van der Waals surface area (Å²) in [5, 5.41) is 11.7. The van der Waals surface area contributed by atoms with Gasteiger partial charge in [-0.2, -0.15) is 0 Å². The normalized spacial score (nSPS) is 17.5. The van der Waals surface area contributed by atoms with E-state index >= 15 is 0 Å². The minimum absolute atomic E-state index is 0.309. The molecule has 0 spiro atoms. The van der Waals surface area contributed by atoms with E-state index in [2.05, 4.69) is 5.32 Å². The van der Waals surface area contributed by atoms with Gasteiger partial charge in [0.25, 0.3) is 0 Å². The number of carboxylic acid groups (broad SMARTS) is 1. The highest BCUT2D eigenvalue weighted by Crippen LogP contribution is 2.47. The number of halogens is 1. The van der Waals surface area contributed by atoms with Gasteiger partial charge in [-0.1, -0.05) is 13.8 Å². The third-order valence-electron chi connectivity index (χ3n) is 5.30. The Morgan fingerprint density at radius 1 is 1.26 bits per heavy atom. The van der Waals surface area contributed by atoms with Crippen molar-refractivity contribution in [2.24, 2.45) is 5.41 Å². The molecule has 0 aliphatic heterocycles. The second-order valence-electron chi connectivity index (χ2n) is 7.95. The van der Waals surface area contributed by atoms with Crippen molar-refractivity contribution in [1.82, 2.24) is 5.32 Å². The SMILES string of the molecule is CCOc1c(C)cc(-c2cc3c(cc2F)[C@H](NC(=O)O)C(C)(C)C3)cc1C. The average Bonchev–Trinajstić information content (AvgIpc) is 2.79.